The number of benzene rings is 1. The minimum absolute atomic E-state index is 0.248. The Kier molecular flexibility index (Phi) is 6.22. The first kappa shape index (κ1) is 20.1. The quantitative estimate of drug-likeness (QED) is 0.609. The molecule has 0 bridgehead atoms. The number of urea groups is 1. The molecule has 1 fully saturated rings. The van der Waals surface area contributed by atoms with E-state index in [2.05, 4.69) is 20.6 Å². The van der Waals surface area contributed by atoms with Crippen molar-refractivity contribution in [1.82, 2.24) is 15.3 Å². The first-order valence-corrected chi connectivity index (χ1v) is 9.74. The average molecular weight is 419 g/mol. The van der Waals surface area contributed by atoms with Gasteiger partial charge < -0.3 is 14.8 Å². The van der Waals surface area contributed by atoms with Crippen molar-refractivity contribution in [1.29, 1.82) is 0 Å². The standard InChI is InChI=1S/C22H21N5O4/c28-21(25-13-16-6-4-5-10-23-16)26-20-12-17(9-11-24-20)27-14-19(31-22(27)29)15-30-18-7-2-1-3-8-18/h1-12,19H,13-15H2,(H2,24,25,26,28). The fourth-order valence-corrected chi connectivity index (χ4v) is 3.01. The van der Waals surface area contributed by atoms with Gasteiger partial charge in [0.1, 0.15) is 18.2 Å². The van der Waals surface area contributed by atoms with Gasteiger partial charge in [0, 0.05) is 18.5 Å². The second-order valence-corrected chi connectivity index (χ2v) is 6.77. The number of cyclic esters (lactones) is 1. The van der Waals surface area contributed by atoms with E-state index in [0.717, 1.165) is 5.69 Å². The second kappa shape index (κ2) is 9.57. The summed E-state index contributed by atoms with van der Waals surface area (Å²) >= 11 is 0. The third kappa shape index (κ3) is 5.47. The van der Waals surface area contributed by atoms with Crippen molar-refractivity contribution in [3.8, 4) is 5.75 Å². The molecule has 0 saturated carbocycles. The van der Waals surface area contributed by atoms with Crippen molar-refractivity contribution in [3.63, 3.8) is 0 Å². The summed E-state index contributed by atoms with van der Waals surface area (Å²) in [5.41, 5.74) is 1.31. The van der Waals surface area contributed by atoms with Gasteiger partial charge in [-0.1, -0.05) is 24.3 Å². The summed E-state index contributed by atoms with van der Waals surface area (Å²) in [6.45, 7) is 0.868. The zero-order chi connectivity index (χ0) is 21.5. The van der Waals surface area contributed by atoms with Gasteiger partial charge in [-0.2, -0.15) is 0 Å². The summed E-state index contributed by atoms with van der Waals surface area (Å²) in [7, 11) is 0. The number of nitrogens with one attached hydrogen (secondary N) is 2. The molecule has 0 spiro atoms. The first-order valence-electron chi connectivity index (χ1n) is 9.74. The van der Waals surface area contributed by atoms with Gasteiger partial charge in [0.15, 0.2) is 6.10 Å². The Bertz CT molecular complexity index is 1030. The van der Waals surface area contributed by atoms with Crippen LogP contribution in [0.4, 0.5) is 21.1 Å². The molecule has 3 amide bonds. The fraction of sp³-hybridized carbons (Fsp3) is 0.182. The van der Waals surface area contributed by atoms with E-state index in [9.17, 15) is 9.59 Å². The molecule has 1 unspecified atom stereocenters. The number of para-hydroxylation sites is 1. The van der Waals surface area contributed by atoms with Gasteiger partial charge in [0.2, 0.25) is 0 Å². The molecule has 1 atom stereocenters. The molecule has 1 aliphatic heterocycles. The highest BCUT2D eigenvalue weighted by Gasteiger charge is 2.33. The van der Waals surface area contributed by atoms with E-state index in [1.54, 1.807) is 24.4 Å². The molecule has 1 saturated heterocycles. The van der Waals surface area contributed by atoms with Gasteiger partial charge in [-0.15, -0.1) is 0 Å². The lowest BCUT2D eigenvalue weighted by Crippen LogP contribution is -2.29. The summed E-state index contributed by atoms with van der Waals surface area (Å²) in [5.74, 6) is 1.02. The van der Waals surface area contributed by atoms with Crippen LogP contribution >= 0.6 is 0 Å². The molecule has 4 rings (SSSR count). The lowest BCUT2D eigenvalue weighted by atomic mass is 10.3. The number of rotatable bonds is 7. The second-order valence-electron chi connectivity index (χ2n) is 6.77. The Balaban J connectivity index is 1.32. The van der Waals surface area contributed by atoms with Crippen LogP contribution < -0.4 is 20.3 Å². The number of hydrogen-bond donors (Lipinski definition) is 2. The van der Waals surface area contributed by atoms with E-state index < -0.39 is 18.2 Å². The topological polar surface area (TPSA) is 106 Å². The highest BCUT2D eigenvalue weighted by Crippen LogP contribution is 2.24. The molecular formula is C22H21N5O4. The number of nitrogens with zero attached hydrogens (tertiary/aromatic N) is 3. The largest absolute Gasteiger partial charge is 0.490 e. The summed E-state index contributed by atoms with van der Waals surface area (Å²) in [4.78, 5) is 34.2. The SMILES string of the molecule is O=C(NCc1ccccn1)Nc1cc(N2CC(COc3ccccc3)OC2=O)ccn1. The van der Waals surface area contributed by atoms with Crippen molar-refractivity contribution in [3.05, 3.63) is 78.8 Å². The average Bonchev–Trinajstić information content (AvgIpc) is 3.18. The van der Waals surface area contributed by atoms with Gasteiger partial charge in [-0.05, 0) is 30.3 Å². The molecule has 3 heterocycles. The summed E-state index contributed by atoms with van der Waals surface area (Å²) in [6.07, 6.45) is 2.30. The number of carbonyl (C=O) groups is 2. The number of hydrogen-bond acceptors (Lipinski definition) is 6. The zero-order valence-electron chi connectivity index (χ0n) is 16.6. The third-order valence-corrected chi connectivity index (χ3v) is 4.51. The number of carbonyl (C=O) groups excluding carboxylic acids is 2. The van der Waals surface area contributed by atoms with Crippen LogP contribution in [0, 0.1) is 0 Å². The zero-order valence-corrected chi connectivity index (χ0v) is 16.6. The van der Waals surface area contributed by atoms with Gasteiger partial charge in [-0.3, -0.25) is 15.2 Å². The Hall–Kier alpha value is -4.14. The molecule has 158 valence electrons. The maximum absolute atomic E-state index is 12.3. The molecule has 1 aromatic carbocycles. The smallest absolute Gasteiger partial charge is 0.414 e. The van der Waals surface area contributed by atoms with E-state index >= 15 is 0 Å². The van der Waals surface area contributed by atoms with Crippen LogP contribution in [-0.4, -0.2) is 41.3 Å². The Morgan fingerprint density at radius 3 is 2.74 bits per heavy atom. The molecule has 9 nitrogen and oxygen atoms in total. The molecule has 3 aromatic rings. The summed E-state index contributed by atoms with van der Waals surface area (Å²) in [5, 5.41) is 5.37. The van der Waals surface area contributed by atoms with E-state index in [4.69, 9.17) is 9.47 Å². The first-order chi connectivity index (χ1) is 15.2. The van der Waals surface area contributed by atoms with Crippen molar-refractivity contribution in [2.24, 2.45) is 0 Å². The highest BCUT2D eigenvalue weighted by atomic mass is 16.6. The molecule has 2 N–H and O–H groups in total. The molecule has 2 aromatic heterocycles. The predicted octanol–water partition coefficient (Wildman–Crippen LogP) is 3.20. The maximum Gasteiger partial charge on any atom is 0.414 e. The van der Waals surface area contributed by atoms with Crippen LogP contribution in [0.5, 0.6) is 5.75 Å². The van der Waals surface area contributed by atoms with E-state index in [-0.39, 0.29) is 13.2 Å². The van der Waals surface area contributed by atoms with Crippen LogP contribution in [0.2, 0.25) is 0 Å². The van der Waals surface area contributed by atoms with Gasteiger partial charge >= 0.3 is 12.1 Å². The van der Waals surface area contributed by atoms with Crippen LogP contribution in [0.15, 0.2) is 73.1 Å². The van der Waals surface area contributed by atoms with Crippen molar-refractivity contribution in [2.75, 3.05) is 23.4 Å². The Labute approximate surface area is 179 Å². The van der Waals surface area contributed by atoms with Crippen molar-refractivity contribution >= 4 is 23.6 Å². The highest BCUT2D eigenvalue weighted by molar-refractivity contribution is 5.92. The maximum atomic E-state index is 12.3. The molecule has 1 aliphatic rings. The van der Waals surface area contributed by atoms with Crippen LogP contribution in [0.1, 0.15) is 5.69 Å². The van der Waals surface area contributed by atoms with Gasteiger partial charge in [0.05, 0.1) is 24.5 Å². The number of anilines is 2. The van der Waals surface area contributed by atoms with Gasteiger partial charge in [-0.25, -0.2) is 14.6 Å². The Morgan fingerprint density at radius 1 is 1.10 bits per heavy atom. The van der Waals surface area contributed by atoms with Crippen molar-refractivity contribution in [2.45, 2.75) is 12.6 Å². The van der Waals surface area contributed by atoms with E-state index in [1.165, 1.54) is 11.1 Å². The summed E-state index contributed by atoms with van der Waals surface area (Å²) in [6, 6.07) is 17.7. The number of amides is 3. The van der Waals surface area contributed by atoms with Crippen molar-refractivity contribution < 1.29 is 19.1 Å². The molecule has 31 heavy (non-hydrogen) atoms. The minimum Gasteiger partial charge on any atom is -0.490 e. The minimum atomic E-state index is -0.474. The van der Waals surface area contributed by atoms with E-state index in [0.29, 0.717) is 23.8 Å². The third-order valence-electron chi connectivity index (χ3n) is 4.51. The summed E-state index contributed by atoms with van der Waals surface area (Å²) < 4.78 is 11.1. The van der Waals surface area contributed by atoms with Crippen LogP contribution in [0.3, 0.4) is 0 Å². The van der Waals surface area contributed by atoms with Crippen LogP contribution in [-0.2, 0) is 11.3 Å². The lowest BCUT2D eigenvalue weighted by Gasteiger charge is -2.14. The Morgan fingerprint density at radius 2 is 1.94 bits per heavy atom. The van der Waals surface area contributed by atoms with Crippen LogP contribution in [0.25, 0.3) is 0 Å². The lowest BCUT2D eigenvalue weighted by molar-refractivity contribution is 0.105. The molecule has 0 radical (unpaired) electrons. The number of aromatic nitrogens is 2. The molecule has 0 aliphatic carbocycles. The normalized spacial score (nSPS) is 15.3. The van der Waals surface area contributed by atoms with Gasteiger partial charge in [0.25, 0.3) is 0 Å². The number of pyridine rings is 2. The molecule has 9 heteroatoms. The number of ether oxygens (including phenoxy) is 2. The predicted molar refractivity (Wildman–Crippen MR) is 114 cm³/mol. The molecular weight excluding hydrogens is 398 g/mol. The van der Waals surface area contributed by atoms with E-state index in [1.807, 2.05) is 42.5 Å². The fourth-order valence-electron chi connectivity index (χ4n) is 3.01. The monoisotopic (exact) mass is 419 g/mol.